The molecule has 0 aliphatic heterocycles. The molecular formula is C19H18N4OS2. The number of hydrogen-bond acceptors (Lipinski definition) is 6. The number of nitrogens with one attached hydrogen (secondary N) is 2. The Labute approximate surface area is 160 Å². The zero-order chi connectivity index (χ0) is 18.0. The van der Waals surface area contributed by atoms with Crippen LogP contribution in [0.1, 0.15) is 5.56 Å². The second kappa shape index (κ2) is 9.74. The third-order valence-corrected chi connectivity index (χ3v) is 5.08. The van der Waals surface area contributed by atoms with E-state index in [1.165, 1.54) is 22.3 Å². The Morgan fingerprint density at radius 2 is 1.69 bits per heavy atom. The Morgan fingerprint density at radius 1 is 1.00 bits per heavy atom. The summed E-state index contributed by atoms with van der Waals surface area (Å²) in [5.41, 5.74) is 0.971. The van der Waals surface area contributed by atoms with E-state index >= 15 is 0 Å². The van der Waals surface area contributed by atoms with Crippen LogP contribution in [0.25, 0.3) is 6.08 Å². The summed E-state index contributed by atoms with van der Waals surface area (Å²) in [4.78, 5) is 13.2. The number of thioether (sulfide) groups is 1. The van der Waals surface area contributed by atoms with Gasteiger partial charge in [0.15, 0.2) is 0 Å². The van der Waals surface area contributed by atoms with Gasteiger partial charge in [-0.05, 0) is 23.8 Å². The molecular weight excluding hydrogens is 364 g/mol. The van der Waals surface area contributed by atoms with Crippen LogP contribution < -0.4 is 10.6 Å². The molecule has 5 nitrogen and oxygen atoms in total. The van der Waals surface area contributed by atoms with Gasteiger partial charge in [-0.1, -0.05) is 59.9 Å². The zero-order valence-electron chi connectivity index (χ0n) is 14.0. The first-order valence-electron chi connectivity index (χ1n) is 8.09. The van der Waals surface area contributed by atoms with E-state index < -0.39 is 0 Å². The van der Waals surface area contributed by atoms with E-state index in [2.05, 4.69) is 33.0 Å². The fourth-order valence-corrected chi connectivity index (χ4v) is 3.53. The van der Waals surface area contributed by atoms with E-state index in [9.17, 15) is 4.79 Å². The van der Waals surface area contributed by atoms with E-state index in [1.54, 1.807) is 17.8 Å². The summed E-state index contributed by atoms with van der Waals surface area (Å²) < 4.78 is 0. The van der Waals surface area contributed by atoms with Crippen molar-refractivity contribution in [2.45, 2.75) is 4.90 Å². The van der Waals surface area contributed by atoms with Gasteiger partial charge in [0.1, 0.15) is 0 Å². The standard InChI is InChI=1S/C19H18N4OS2/c24-17(12-11-15-7-3-1-4-8-15)21-19-23-22-18(26-19)20-13-14-25-16-9-5-2-6-10-16/h1-12H,13-14H2,(H,20,22)(H,21,23,24)/b12-11+. The van der Waals surface area contributed by atoms with E-state index in [1.807, 2.05) is 48.5 Å². The molecule has 2 aromatic carbocycles. The molecule has 0 aliphatic carbocycles. The Morgan fingerprint density at radius 3 is 2.46 bits per heavy atom. The van der Waals surface area contributed by atoms with Crippen molar-refractivity contribution < 1.29 is 4.79 Å². The maximum atomic E-state index is 11.9. The van der Waals surface area contributed by atoms with Crippen LogP contribution in [0.15, 0.2) is 71.6 Å². The average Bonchev–Trinajstić information content (AvgIpc) is 3.12. The van der Waals surface area contributed by atoms with Crippen LogP contribution in [-0.2, 0) is 4.79 Å². The molecule has 26 heavy (non-hydrogen) atoms. The minimum atomic E-state index is -0.226. The second-order valence-electron chi connectivity index (χ2n) is 5.23. The molecule has 1 heterocycles. The Hall–Kier alpha value is -2.64. The minimum absolute atomic E-state index is 0.226. The molecule has 0 saturated heterocycles. The summed E-state index contributed by atoms with van der Waals surface area (Å²) in [6.07, 6.45) is 3.25. The number of carbonyl (C=O) groups is 1. The molecule has 0 bridgehead atoms. The summed E-state index contributed by atoms with van der Waals surface area (Å²) >= 11 is 3.10. The summed E-state index contributed by atoms with van der Waals surface area (Å²) in [5, 5.41) is 15.1. The van der Waals surface area contributed by atoms with Crippen LogP contribution in [0, 0.1) is 0 Å². The van der Waals surface area contributed by atoms with Crippen molar-refractivity contribution in [3.05, 3.63) is 72.3 Å². The maximum Gasteiger partial charge on any atom is 0.250 e. The van der Waals surface area contributed by atoms with Crippen LogP contribution in [0.2, 0.25) is 0 Å². The third kappa shape index (κ3) is 6.02. The molecule has 3 aromatic rings. The highest BCUT2D eigenvalue weighted by Gasteiger charge is 2.05. The number of aromatic nitrogens is 2. The molecule has 0 atom stereocenters. The number of carbonyl (C=O) groups excluding carboxylic acids is 1. The molecule has 1 amide bonds. The molecule has 1 aromatic heterocycles. The Bertz CT molecular complexity index is 850. The van der Waals surface area contributed by atoms with Crippen LogP contribution in [0.4, 0.5) is 10.3 Å². The third-order valence-electron chi connectivity index (χ3n) is 3.27. The van der Waals surface area contributed by atoms with Crippen LogP contribution in [-0.4, -0.2) is 28.4 Å². The number of benzene rings is 2. The monoisotopic (exact) mass is 382 g/mol. The zero-order valence-corrected chi connectivity index (χ0v) is 15.6. The number of anilines is 2. The van der Waals surface area contributed by atoms with Gasteiger partial charge in [0, 0.05) is 23.3 Å². The van der Waals surface area contributed by atoms with E-state index in [0.29, 0.717) is 10.3 Å². The first-order chi connectivity index (χ1) is 12.8. The average molecular weight is 383 g/mol. The topological polar surface area (TPSA) is 66.9 Å². The Balaban J connectivity index is 1.41. The molecule has 7 heteroatoms. The highest BCUT2D eigenvalue weighted by molar-refractivity contribution is 7.99. The van der Waals surface area contributed by atoms with Gasteiger partial charge in [0.2, 0.25) is 16.2 Å². The van der Waals surface area contributed by atoms with Crippen LogP contribution >= 0.6 is 23.1 Å². The fourth-order valence-electron chi connectivity index (χ4n) is 2.07. The molecule has 132 valence electrons. The number of nitrogens with zero attached hydrogens (tertiary/aromatic N) is 2. The van der Waals surface area contributed by atoms with Gasteiger partial charge in [-0.2, -0.15) is 0 Å². The summed E-state index contributed by atoms with van der Waals surface area (Å²) in [5.74, 6) is 0.696. The van der Waals surface area contributed by atoms with Gasteiger partial charge in [0.25, 0.3) is 0 Å². The predicted octanol–water partition coefficient (Wildman–Crippen LogP) is 4.39. The molecule has 0 fully saturated rings. The highest BCUT2D eigenvalue weighted by Crippen LogP contribution is 2.21. The molecule has 0 saturated carbocycles. The second-order valence-corrected chi connectivity index (χ2v) is 7.38. The summed E-state index contributed by atoms with van der Waals surface area (Å²) in [7, 11) is 0. The van der Waals surface area contributed by atoms with Gasteiger partial charge in [-0.3, -0.25) is 10.1 Å². The van der Waals surface area contributed by atoms with Crippen molar-refractivity contribution in [1.82, 2.24) is 10.2 Å². The summed E-state index contributed by atoms with van der Waals surface area (Å²) in [6, 6.07) is 19.9. The maximum absolute atomic E-state index is 11.9. The van der Waals surface area contributed by atoms with E-state index in [4.69, 9.17) is 0 Å². The number of rotatable bonds is 8. The fraction of sp³-hybridized carbons (Fsp3) is 0.105. The van der Waals surface area contributed by atoms with E-state index in [-0.39, 0.29) is 5.91 Å². The largest absolute Gasteiger partial charge is 0.359 e. The lowest BCUT2D eigenvalue weighted by Crippen LogP contribution is -2.07. The first-order valence-corrected chi connectivity index (χ1v) is 9.89. The molecule has 0 aliphatic rings. The highest BCUT2D eigenvalue weighted by atomic mass is 32.2. The van der Waals surface area contributed by atoms with Gasteiger partial charge in [-0.15, -0.1) is 22.0 Å². The van der Waals surface area contributed by atoms with Crippen LogP contribution in [0.5, 0.6) is 0 Å². The quantitative estimate of drug-likeness (QED) is 0.343. The van der Waals surface area contributed by atoms with Crippen molar-refractivity contribution in [3.8, 4) is 0 Å². The van der Waals surface area contributed by atoms with Gasteiger partial charge in [-0.25, -0.2) is 0 Å². The molecule has 3 rings (SSSR count). The lowest BCUT2D eigenvalue weighted by molar-refractivity contribution is -0.111. The lowest BCUT2D eigenvalue weighted by atomic mass is 10.2. The van der Waals surface area contributed by atoms with Crippen molar-refractivity contribution in [2.75, 3.05) is 22.9 Å². The smallest absolute Gasteiger partial charge is 0.250 e. The SMILES string of the molecule is O=C(/C=C/c1ccccc1)Nc1nnc(NCCSc2ccccc2)s1. The van der Waals surface area contributed by atoms with Gasteiger partial charge < -0.3 is 5.32 Å². The number of amides is 1. The van der Waals surface area contributed by atoms with Gasteiger partial charge >= 0.3 is 0 Å². The van der Waals surface area contributed by atoms with Crippen molar-refractivity contribution in [2.24, 2.45) is 0 Å². The van der Waals surface area contributed by atoms with Crippen LogP contribution in [0.3, 0.4) is 0 Å². The van der Waals surface area contributed by atoms with E-state index in [0.717, 1.165) is 17.9 Å². The normalized spacial score (nSPS) is 10.8. The van der Waals surface area contributed by atoms with Crippen molar-refractivity contribution in [1.29, 1.82) is 0 Å². The molecule has 0 radical (unpaired) electrons. The minimum Gasteiger partial charge on any atom is -0.359 e. The lowest BCUT2D eigenvalue weighted by Gasteiger charge is -2.02. The van der Waals surface area contributed by atoms with Crippen molar-refractivity contribution in [3.63, 3.8) is 0 Å². The van der Waals surface area contributed by atoms with Crippen molar-refractivity contribution >= 4 is 45.3 Å². The summed E-state index contributed by atoms with van der Waals surface area (Å²) in [6.45, 7) is 0.774. The molecule has 2 N–H and O–H groups in total. The molecule has 0 unspecified atom stereocenters. The molecule has 0 spiro atoms. The Kier molecular flexibility index (Phi) is 6.80. The van der Waals surface area contributed by atoms with Gasteiger partial charge in [0.05, 0.1) is 0 Å². The number of hydrogen-bond donors (Lipinski definition) is 2. The first kappa shape index (κ1) is 18.2. The predicted molar refractivity (Wildman–Crippen MR) is 110 cm³/mol.